The fraction of sp³-hybridized carbons (Fsp3) is 0.800. The number of carbonyl (C=O) groups excluding carboxylic acids is 2. The summed E-state index contributed by atoms with van der Waals surface area (Å²) in [5.74, 6) is -0.798. The summed E-state index contributed by atoms with van der Waals surface area (Å²) in [6.07, 6.45) is 1.47. The van der Waals surface area contributed by atoms with Crippen molar-refractivity contribution in [3.63, 3.8) is 0 Å². The van der Waals surface area contributed by atoms with Crippen LogP contribution in [0.2, 0.25) is 0 Å². The summed E-state index contributed by atoms with van der Waals surface area (Å²) in [7, 11) is 0. The second-order valence-electron chi connectivity index (χ2n) is 3.38. The molecule has 0 unspecified atom stereocenters. The number of primary amides is 1. The minimum atomic E-state index is -0.522. The molecule has 0 aromatic rings. The van der Waals surface area contributed by atoms with Crippen LogP contribution >= 0.6 is 0 Å². The van der Waals surface area contributed by atoms with Crippen molar-refractivity contribution in [1.29, 1.82) is 0 Å². The number of carbonyl (C=O) groups is 2. The molecule has 1 amide bonds. The molecule has 0 saturated heterocycles. The van der Waals surface area contributed by atoms with Gasteiger partial charge in [0.15, 0.2) is 0 Å². The first-order chi connectivity index (χ1) is 7.02. The summed E-state index contributed by atoms with van der Waals surface area (Å²) in [6.45, 7) is 5.68. The molecule has 88 valence electrons. The number of hydrogen-bond acceptors (Lipinski definition) is 4. The minimum absolute atomic E-state index is 0.326. The topological polar surface area (TPSA) is 81.4 Å². The largest absolute Gasteiger partial charge is 0.465 e. The summed E-state index contributed by atoms with van der Waals surface area (Å²) >= 11 is 0. The highest BCUT2D eigenvalue weighted by Crippen LogP contribution is 2.01. The van der Waals surface area contributed by atoms with Crippen LogP contribution in [0.3, 0.4) is 0 Å². The third-order valence-electron chi connectivity index (χ3n) is 2.03. The Bertz CT molecular complexity index is 219. The van der Waals surface area contributed by atoms with Crippen molar-refractivity contribution in [2.24, 2.45) is 5.73 Å². The normalized spacial score (nSPS) is 14.3. The van der Waals surface area contributed by atoms with Crippen LogP contribution < -0.4 is 11.1 Å². The summed E-state index contributed by atoms with van der Waals surface area (Å²) in [4.78, 5) is 22.3. The number of hydrogen-bond donors (Lipinski definition) is 2. The lowest BCUT2D eigenvalue weighted by Crippen LogP contribution is -2.48. The van der Waals surface area contributed by atoms with E-state index in [0.717, 1.165) is 6.42 Å². The molecule has 0 aromatic carbocycles. The summed E-state index contributed by atoms with van der Waals surface area (Å²) in [6, 6.07) is -0.969. The van der Waals surface area contributed by atoms with Crippen LogP contribution in [0.1, 0.15) is 33.6 Å². The first-order valence-electron chi connectivity index (χ1n) is 5.24. The molecule has 0 bridgehead atoms. The third kappa shape index (κ3) is 5.37. The van der Waals surface area contributed by atoms with Gasteiger partial charge in [0, 0.05) is 0 Å². The Kier molecular flexibility index (Phi) is 6.70. The highest BCUT2D eigenvalue weighted by atomic mass is 16.5. The number of nitrogens with two attached hydrogens (primary N) is 1. The van der Waals surface area contributed by atoms with E-state index < -0.39 is 18.0 Å². The van der Waals surface area contributed by atoms with Crippen LogP contribution in [0, 0.1) is 0 Å². The first kappa shape index (κ1) is 13.9. The zero-order chi connectivity index (χ0) is 11.8. The monoisotopic (exact) mass is 216 g/mol. The fourth-order valence-corrected chi connectivity index (χ4v) is 1.18. The molecule has 0 aliphatic carbocycles. The van der Waals surface area contributed by atoms with E-state index in [0.29, 0.717) is 13.0 Å². The van der Waals surface area contributed by atoms with Crippen molar-refractivity contribution in [3.05, 3.63) is 0 Å². The minimum Gasteiger partial charge on any atom is -0.465 e. The Morgan fingerprint density at radius 2 is 2.00 bits per heavy atom. The standard InChI is InChI=1S/C10H20N2O3/c1-4-6-8(10(14)15-5-2)12-7(3)9(11)13/h7-8,12H,4-6H2,1-3H3,(H2,11,13)/t7-,8-/m0/s1. The van der Waals surface area contributed by atoms with Gasteiger partial charge in [-0.05, 0) is 20.3 Å². The second kappa shape index (κ2) is 7.23. The number of nitrogens with one attached hydrogen (secondary N) is 1. The maximum Gasteiger partial charge on any atom is 0.323 e. The van der Waals surface area contributed by atoms with Crippen LogP contribution in [-0.2, 0) is 14.3 Å². The molecular weight excluding hydrogens is 196 g/mol. The van der Waals surface area contributed by atoms with Crippen molar-refractivity contribution in [2.45, 2.75) is 45.7 Å². The van der Waals surface area contributed by atoms with Gasteiger partial charge >= 0.3 is 5.97 Å². The van der Waals surface area contributed by atoms with Gasteiger partial charge in [-0.2, -0.15) is 0 Å². The predicted octanol–water partition coefficient (Wildman–Crippen LogP) is 0.182. The molecule has 15 heavy (non-hydrogen) atoms. The molecule has 3 N–H and O–H groups in total. The Morgan fingerprint density at radius 1 is 1.40 bits per heavy atom. The number of rotatable bonds is 7. The second-order valence-corrected chi connectivity index (χ2v) is 3.38. The molecule has 2 atom stereocenters. The van der Waals surface area contributed by atoms with Gasteiger partial charge in [0.2, 0.25) is 5.91 Å². The van der Waals surface area contributed by atoms with Crippen molar-refractivity contribution in [3.8, 4) is 0 Å². The molecule has 0 aliphatic heterocycles. The van der Waals surface area contributed by atoms with Gasteiger partial charge in [-0.25, -0.2) is 0 Å². The van der Waals surface area contributed by atoms with Gasteiger partial charge in [0.25, 0.3) is 0 Å². The summed E-state index contributed by atoms with van der Waals surface area (Å²) in [5, 5.41) is 2.85. The van der Waals surface area contributed by atoms with Gasteiger partial charge in [-0.1, -0.05) is 13.3 Å². The van der Waals surface area contributed by atoms with Gasteiger partial charge < -0.3 is 10.5 Å². The van der Waals surface area contributed by atoms with E-state index in [1.165, 1.54) is 0 Å². The average molecular weight is 216 g/mol. The zero-order valence-corrected chi connectivity index (χ0v) is 9.58. The van der Waals surface area contributed by atoms with E-state index in [2.05, 4.69) is 5.32 Å². The molecule has 0 heterocycles. The van der Waals surface area contributed by atoms with Gasteiger partial charge in [-0.15, -0.1) is 0 Å². The highest BCUT2D eigenvalue weighted by molar-refractivity contribution is 5.81. The molecule has 5 nitrogen and oxygen atoms in total. The van der Waals surface area contributed by atoms with E-state index in [1.807, 2.05) is 6.92 Å². The van der Waals surface area contributed by atoms with E-state index in [9.17, 15) is 9.59 Å². The highest BCUT2D eigenvalue weighted by Gasteiger charge is 2.22. The van der Waals surface area contributed by atoms with E-state index in [-0.39, 0.29) is 5.97 Å². The van der Waals surface area contributed by atoms with Crippen molar-refractivity contribution in [2.75, 3.05) is 6.61 Å². The lowest BCUT2D eigenvalue weighted by molar-refractivity contribution is -0.146. The lowest BCUT2D eigenvalue weighted by atomic mass is 10.1. The molecular formula is C10H20N2O3. The van der Waals surface area contributed by atoms with Gasteiger partial charge in [0.1, 0.15) is 6.04 Å². The van der Waals surface area contributed by atoms with Crippen molar-refractivity contribution < 1.29 is 14.3 Å². The number of esters is 1. The Morgan fingerprint density at radius 3 is 2.40 bits per heavy atom. The van der Waals surface area contributed by atoms with Crippen LogP contribution in [0.15, 0.2) is 0 Å². The molecule has 0 aromatic heterocycles. The number of amides is 1. The van der Waals surface area contributed by atoms with E-state index in [4.69, 9.17) is 10.5 Å². The summed E-state index contributed by atoms with van der Waals surface area (Å²) < 4.78 is 4.88. The Labute approximate surface area is 90.4 Å². The zero-order valence-electron chi connectivity index (χ0n) is 9.58. The van der Waals surface area contributed by atoms with Crippen LogP contribution in [0.4, 0.5) is 0 Å². The lowest BCUT2D eigenvalue weighted by Gasteiger charge is -2.19. The van der Waals surface area contributed by atoms with Crippen molar-refractivity contribution in [1.82, 2.24) is 5.32 Å². The summed E-state index contributed by atoms with van der Waals surface area (Å²) in [5.41, 5.74) is 5.10. The van der Waals surface area contributed by atoms with Crippen molar-refractivity contribution >= 4 is 11.9 Å². The molecule has 0 fully saturated rings. The smallest absolute Gasteiger partial charge is 0.323 e. The molecule has 0 aliphatic rings. The third-order valence-corrected chi connectivity index (χ3v) is 2.03. The van der Waals surface area contributed by atoms with Crippen LogP contribution in [0.5, 0.6) is 0 Å². The predicted molar refractivity (Wildman–Crippen MR) is 57.1 cm³/mol. The first-order valence-corrected chi connectivity index (χ1v) is 5.24. The van der Waals surface area contributed by atoms with E-state index in [1.54, 1.807) is 13.8 Å². The molecule has 0 radical (unpaired) electrons. The maximum absolute atomic E-state index is 11.5. The Balaban J connectivity index is 4.25. The van der Waals surface area contributed by atoms with Gasteiger partial charge in [-0.3, -0.25) is 14.9 Å². The fourth-order valence-electron chi connectivity index (χ4n) is 1.18. The van der Waals surface area contributed by atoms with Crippen LogP contribution in [0.25, 0.3) is 0 Å². The Hall–Kier alpha value is -1.10. The molecule has 0 spiro atoms. The SMILES string of the molecule is CCC[C@H](N[C@@H](C)C(N)=O)C(=O)OCC. The number of ether oxygens (including phenoxy) is 1. The molecule has 5 heteroatoms. The van der Waals surface area contributed by atoms with Crippen LogP contribution in [-0.4, -0.2) is 30.6 Å². The maximum atomic E-state index is 11.5. The quantitative estimate of drug-likeness (QED) is 0.595. The molecule has 0 saturated carbocycles. The molecule has 0 rings (SSSR count). The van der Waals surface area contributed by atoms with Gasteiger partial charge in [0.05, 0.1) is 12.6 Å². The average Bonchev–Trinajstić information content (AvgIpc) is 2.17. The van der Waals surface area contributed by atoms with E-state index >= 15 is 0 Å².